The molecule has 1 amide bonds. The minimum atomic E-state index is -4.31. The van der Waals surface area contributed by atoms with Gasteiger partial charge in [0.2, 0.25) is 5.91 Å². The fourth-order valence-corrected chi connectivity index (χ4v) is 3.14. The van der Waals surface area contributed by atoms with Gasteiger partial charge >= 0.3 is 6.18 Å². The van der Waals surface area contributed by atoms with Gasteiger partial charge in [0, 0.05) is 31.6 Å². The first-order chi connectivity index (χ1) is 10.4. The predicted octanol–water partition coefficient (Wildman–Crippen LogP) is 2.63. The summed E-state index contributed by atoms with van der Waals surface area (Å²) in [6, 6.07) is 5.38. The van der Waals surface area contributed by atoms with Crippen molar-refractivity contribution in [2.75, 3.05) is 19.6 Å². The Bertz CT molecular complexity index is 556. The van der Waals surface area contributed by atoms with Crippen LogP contribution < -0.4 is 5.32 Å². The standard InChI is InChI=1S/C16H19F3N2O/c1-10-9-20-6-7-21(10)15(22)14-8-13(14)11-2-4-12(5-3-11)16(17,18)19/h2-5,10,13-14,20H,6-9H2,1H3/t10-,13+,14+/m1/s1. The van der Waals surface area contributed by atoms with Crippen molar-refractivity contribution in [2.24, 2.45) is 5.92 Å². The number of hydrogen-bond acceptors (Lipinski definition) is 2. The summed E-state index contributed by atoms with van der Waals surface area (Å²) in [5.74, 6) is 0.132. The van der Waals surface area contributed by atoms with Crippen LogP contribution in [0.15, 0.2) is 24.3 Å². The van der Waals surface area contributed by atoms with E-state index < -0.39 is 11.7 Å². The summed E-state index contributed by atoms with van der Waals surface area (Å²) in [6.07, 6.45) is -3.58. The van der Waals surface area contributed by atoms with Gasteiger partial charge in [-0.2, -0.15) is 13.2 Å². The number of nitrogens with zero attached hydrogens (tertiary/aromatic N) is 1. The second-order valence-electron chi connectivity index (χ2n) is 6.15. The second-order valence-corrected chi connectivity index (χ2v) is 6.15. The number of alkyl halides is 3. The Balaban J connectivity index is 1.65. The highest BCUT2D eigenvalue weighted by molar-refractivity contribution is 5.83. The van der Waals surface area contributed by atoms with Crippen LogP contribution in [-0.2, 0) is 11.0 Å². The van der Waals surface area contributed by atoms with E-state index in [-0.39, 0.29) is 23.8 Å². The third-order valence-corrected chi connectivity index (χ3v) is 4.56. The van der Waals surface area contributed by atoms with Gasteiger partial charge in [-0.15, -0.1) is 0 Å². The molecule has 2 aliphatic rings. The van der Waals surface area contributed by atoms with Crippen LogP contribution in [0.3, 0.4) is 0 Å². The van der Waals surface area contributed by atoms with Gasteiger partial charge in [0.15, 0.2) is 0 Å². The fraction of sp³-hybridized carbons (Fsp3) is 0.562. The van der Waals surface area contributed by atoms with Crippen molar-refractivity contribution in [2.45, 2.75) is 31.5 Å². The molecule has 0 aromatic heterocycles. The van der Waals surface area contributed by atoms with Crippen molar-refractivity contribution in [1.82, 2.24) is 10.2 Å². The van der Waals surface area contributed by atoms with E-state index in [0.717, 1.165) is 37.2 Å². The molecule has 0 bridgehead atoms. The van der Waals surface area contributed by atoms with Gasteiger partial charge in [0.25, 0.3) is 0 Å². The molecule has 1 heterocycles. The summed E-state index contributed by atoms with van der Waals surface area (Å²) in [6.45, 7) is 4.31. The Kier molecular flexibility index (Phi) is 3.89. The summed E-state index contributed by atoms with van der Waals surface area (Å²) >= 11 is 0. The number of nitrogens with one attached hydrogen (secondary N) is 1. The minimum absolute atomic E-state index is 0.0665. The van der Waals surface area contributed by atoms with Crippen LogP contribution in [0.4, 0.5) is 13.2 Å². The number of carbonyl (C=O) groups excluding carboxylic acids is 1. The SMILES string of the molecule is C[C@@H]1CNCCN1C(=O)[C@H]1C[C@H]1c1ccc(C(F)(F)F)cc1. The van der Waals surface area contributed by atoms with Gasteiger partial charge in [-0.1, -0.05) is 12.1 Å². The molecule has 1 aromatic rings. The van der Waals surface area contributed by atoms with Gasteiger partial charge < -0.3 is 10.2 Å². The molecule has 120 valence electrons. The van der Waals surface area contributed by atoms with Crippen LogP contribution in [0.25, 0.3) is 0 Å². The van der Waals surface area contributed by atoms with Crippen LogP contribution in [0.2, 0.25) is 0 Å². The molecule has 0 spiro atoms. The molecule has 6 heteroatoms. The van der Waals surface area contributed by atoms with Crippen LogP contribution in [-0.4, -0.2) is 36.5 Å². The fourth-order valence-electron chi connectivity index (χ4n) is 3.14. The molecular weight excluding hydrogens is 293 g/mol. The summed E-state index contributed by atoms with van der Waals surface area (Å²) in [4.78, 5) is 14.4. The molecule has 1 saturated carbocycles. The van der Waals surface area contributed by atoms with Crippen molar-refractivity contribution in [3.63, 3.8) is 0 Å². The van der Waals surface area contributed by atoms with E-state index in [9.17, 15) is 18.0 Å². The Hall–Kier alpha value is -1.56. The molecular formula is C16H19F3N2O. The van der Waals surface area contributed by atoms with Gasteiger partial charge in [-0.3, -0.25) is 4.79 Å². The van der Waals surface area contributed by atoms with Crippen LogP contribution in [0.1, 0.15) is 30.4 Å². The lowest BCUT2D eigenvalue weighted by atomic mass is 10.1. The molecule has 3 rings (SSSR count). The zero-order valence-electron chi connectivity index (χ0n) is 12.4. The van der Waals surface area contributed by atoms with Crippen molar-refractivity contribution < 1.29 is 18.0 Å². The lowest BCUT2D eigenvalue weighted by molar-refractivity contribution is -0.138. The number of benzene rings is 1. The van der Waals surface area contributed by atoms with Gasteiger partial charge in [0.05, 0.1) is 5.56 Å². The number of piperazine rings is 1. The summed E-state index contributed by atoms with van der Waals surface area (Å²) in [7, 11) is 0. The molecule has 2 fully saturated rings. The molecule has 22 heavy (non-hydrogen) atoms. The quantitative estimate of drug-likeness (QED) is 0.910. The topological polar surface area (TPSA) is 32.3 Å². The summed E-state index contributed by atoms with van der Waals surface area (Å²) in [5, 5.41) is 3.24. The lowest BCUT2D eigenvalue weighted by Crippen LogP contribution is -2.52. The maximum atomic E-state index is 12.6. The number of rotatable bonds is 2. The van der Waals surface area contributed by atoms with Crippen molar-refractivity contribution in [3.05, 3.63) is 35.4 Å². The third kappa shape index (κ3) is 2.97. The maximum absolute atomic E-state index is 12.6. The van der Waals surface area contributed by atoms with E-state index >= 15 is 0 Å². The van der Waals surface area contributed by atoms with Gasteiger partial charge in [-0.05, 0) is 37.0 Å². The van der Waals surface area contributed by atoms with E-state index in [1.54, 1.807) is 0 Å². The molecule has 1 aliphatic heterocycles. The molecule has 1 saturated heterocycles. The lowest BCUT2D eigenvalue weighted by Gasteiger charge is -2.34. The molecule has 3 nitrogen and oxygen atoms in total. The highest BCUT2D eigenvalue weighted by atomic mass is 19.4. The van der Waals surface area contributed by atoms with Gasteiger partial charge in [-0.25, -0.2) is 0 Å². The van der Waals surface area contributed by atoms with Crippen LogP contribution in [0.5, 0.6) is 0 Å². The maximum Gasteiger partial charge on any atom is 0.416 e. The largest absolute Gasteiger partial charge is 0.416 e. The number of carbonyl (C=O) groups is 1. The first-order valence-corrected chi connectivity index (χ1v) is 7.56. The van der Waals surface area contributed by atoms with Gasteiger partial charge in [0.1, 0.15) is 0 Å². The summed E-state index contributed by atoms with van der Waals surface area (Å²) in [5.41, 5.74) is 0.185. The summed E-state index contributed by atoms with van der Waals surface area (Å²) < 4.78 is 37.7. The van der Waals surface area contributed by atoms with Crippen LogP contribution in [0, 0.1) is 5.92 Å². The highest BCUT2D eigenvalue weighted by Gasteiger charge is 2.46. The molecule has 1 aromatic carbocycles. The molecule has 1 N–H and O–H groups in total. The van der Waals surface area contributed by atoms with Crippen LogP contribution >= 0.6 is 0 Å². The van der Waals surface area contributed by atoms with Crippen molar-refractivity contribution >= 4 is 5.91 Å². The highest BCUT2D eigenvalue weighted by Crippen LogP contribution is 2.49. The molecule has 3 atom stereocenters. The van der Waals surface area contributed by atoms with E-state index in [4.69, 9.17) is 0 Å². The minimum Gasteiger partial charge on any atom is -0.337 e. The van der Waals surface area contributed by atoms with E-state index in [0.29, 0.717) is 6.54 Å². The van der Waals surface area contributed by atoms with Crippen molar-refractivity contribution in [1.29, 1.82) is 0 Å². The predicted molar refractivity (Wildman–Crippen MR) is 76.3 cm³/mol. The van der Waals surface area contributed by atoms with E-state index in [1.807, 2.05) is 11.8 Å². The average molecular weight is 312 g/mol. The van der Waals surface area contributed by atoms with Crippen molar-refractivity contribution in [3.8, 4) is 0 Å². The molecule has 1 aliphatic carbocycles. The normalized spacial score (nSPS) is 28.5. The Morgan fingerprint density at radius 2 is 1.95 bits per heavy atom. The smallest absolute Gasteiger partial charge is 0.337 e. The number of halogens is 3. The van der Waals surface area contributed by atoms with E-state index in [2.05, 4.69) is 5.32 Å². The average Bonchev–Trinajstić information content (AvgIpc) is 3.27. The molecule has 0 unspecified atom stereocenters. The zero-order chi connectivity index (χ0) is 15.9. The Morgan fingerprint density at radius 3 is 2.55 bits per heavy atom. The van der Waals surface area contributed by atoms with E-state index in [1.165, 1.54) is 12.1 Å². The molecule has 0 radical (unpaired) electrons. The number of amides is 1. The second kappa shape index (κ2) is 5.57. The zero-order valence-corrected chi connectivity index (χ0v) is 12.4. The third-order valence-electron chi connectivity index (χ3n) is 4.56. The Morgan fingerprint density at radius 1 is 1.27 bits per heavy atom. The number of hydrogen-bond donors (Lipinski definition) is 1. The monoisotopic (exact) mass is 312 g/mol. The Labute approximate surface area is 127 Å². The first-order valence-electron chi connectivity index (χ1n) is 7.56. The first kappa shape index (κ1) is 15.3.